The minimum Gasteiger partial charge on any atom is -0.480 e. The van der Waals surface area contributed by atoms with Crippen molar-refractivity contribution in [1.29, 1.82) is 0 Å². The minimum absolute atomic E-state index is 0.203. The summed E-state index contributed by atoms with van der Waals surface area (Å²) in [5, 5.41) is 9.60. The molecule has 0 spiro atoms. The molecule has 5 nitrogen and oxygen atoms in total. The lowest BCUT2D eigenvalue weighted by Gasteiger charge is -2.28. The van der Waals surface area contributed by atoms with Crippen LogP contribution in [-0.2, 0) is 9.53 Å². The van der Waals surface area contributed by atoms with Gasteiger partial charge in [0.1, 0.15) is 11.6 Å². The molecular formula is C17H23NO4. The van der Waals surface area contributed by atoms with Gasteiger partial charge in [-0.2, -0.15) is 0 Å². The van der Waals surface area contributed by atoms with Crippen molar-refractivity contribution in [2.24, 2.45) is 0 Å². The smallest absolute Gasteiger partial charge is 0.411 e. The molecule has 1 fully saturated rings. The molecule has 0 aromatic heterocycles. The van der Waals surface area contributed by atoms with Gasteiger partial charge in [0.25, 0.3) is 0 Å². The third-order valence-corrected chi connectivity index (χ3v) is 3.87. The van der Waals surface area contributed by atoms with Gasteiger partial charge in [0, 0.05) is 12.5 Å². The summed E-state index contributed by atoms with van der Waals surface area (Å²) in [7, 11) is 0. The van der Waals surface area contributed by atoms with E-state index in [0.29, 0.717) is 13.0 Å². The van der Waals surface area contributed by atoms with Gasteiger partial charge in [-0.25, -0.2) is 9.59 Å². The molecule has 1 heterocycles. The maximum Gasteiger partial charge on any atom is 0.411 e. The number of carbonyl (C=O) groups is 2. The Morgan fingerprint density at radius 2 is 1.91 bits per heavy atom. The van der Waals surface area contributed by atoms with Gasteiger partial charge in [0.15, 0.2) is 0 Å². The summed E-state index contributed by atoms with van der Waals surface area (Å²) in [6, 6.07) is 6.85. The second-order valence-electron chi connectivity index (χ2n) is 6.71. The van der Waals surface area contributed by atoms with Crippen LogP contribution in [0.15, 0.2) is 24.3 Å². The van der Waals surface area contributed by atoms with E-state index in [9.17, 15) is 14.7 Å². The first-order chi connectivity index (χ1) is 10.2. The highest BCUT2D eigenvalue weighted by atomic mass is 16.6. The Morgan fingerprint density at radius 3 is 2.45 bits per heavy atom. The number of nitrogens with zero attached hydrogens (tertiary/aromatic N) is 1. The molecule has 0 radical (unpaired) electrons. The van der Waals surface area contributed by atoms with Crippen molar-refractivity contribution in [2.45, 2.75) is 51.7 Å². The third kappa shape index (κ3) is 3.40. The first-order valence-electron chi connectivity index (χ1n) is 7.48. The standard InChI is InChI=1S/C17H23NO4/c1-11-7-5-6-8-12(11)13-9-10-18(14(13)15(19)20)16(21)22-17(2,3)4/h5-8,13-14H,9-10H2,1-4H3,(H,19,20)/t13-,14-/m0/s1. The van der Waals surface area contributed by atoms with Crippen LogP contribution in [0.5, 0.6) is 0 Å². The number of rotatable bonds is 2. The van der Waals surface area contributed by atoms with Crippen LogP contribution >= 0.6 is 0 Å². The molecular weight excluding hydrogens is 282 g/mol. The fourth-order valence-electron chi connectivity index (χ4n) is 2.95. The largest absolute Gasteiger partial charge is 0.480 e. The Balaban J connectivity index is 2.27. The Labute approximate surface area is 130 Å². The van der Waals surface area contributed by atoms with Gasteiger partial charge in [0.2, 0.25) is 0 Å². The topological polar surface area (TPSA) is 66.8 Å². The fraction of sp³-hybridized carbons (Fsp3) is 0.529. The average Bonchev–Trinajstić information content (AvgIpc) is 2.82. The third-order valence-electron chi connectivity index (χ3n) is 3.87. The number of amides is 1. The van der Waals surface area contributed by atoms with Crippen LogP contribution < -0.4 is 0 Å². The highest BCUT2D eigenvalue weighted by molar-refractivity contribution is 5.82. The number of benzene rings is 1. The van der Waals surface area contributed by atoms with Crippen LogP contribution in [0.4, 0.5) is 4.79 Å². The zero-order valence-electron chi connectivity index (χ0n) is 13.5. The normalized spacial score (nSPS) is 21.7. The van der Waals surface area contributed by atoms with E-state index in [-0.39, 0.29) is 5.92 Å². The van der Waals surface area contributed by atoms with Crippen LogP contribution in [0.3, 0.4) is 0 Å². The van der Waals surface area contributed by atoms with E-state index in [0.717, 1.165) is 11.1 Å². The SMILES string of the molecule is Cc1ccccc1[C@@H]1CCN(C(=O)OC(C)(C)C)[C@@H]1C(=O)O. The monoisotopic (exact) mass is 305 g/mol. The van der Waals surface area contributed by atoms with Crippen LogP contribution in [0.25, 0.3) is 0 Å². The Morgan fingerprint density at radius 1 is 1.27 bits per heavy atom. The highest BCUT2D eigenvalue weighted by Gasteiger charge is 2.44. The zero-order chi connectivity index (χ0) is 16.5. The lowest BCUT2D eigenvalue weighted by atomic mass is 9.89. The van der Waals surface area contributed by atoms with Gasteiger partial charge < -0.3 is 9.84 Å². The predicted molar refractivity (Wildman–Crippen MR) is 82.9 cm³/mol. The Hall–Kier alpha value is -2.04. The molecule has 5 heteroatoms. The van der Waals surface area contributed by atoms with Crippen molar-refractivity contribution in [3.05, 3.63) is 35.4 Å². The van der Waals surface area contributed by atoms with Gasteiger partial charge in [-0.3, -0.25) is 4.90 Å². The van der Waals surface area contributed by atoms with Crippen molar-refractivity contribution < 1.29 is 19.4 Å². The van der Waals surface area contributed by atoms with E-state index in [1.165, 1.54) is 4.90 Å². The molecule has 1 aliphatic heterocycles. The van der Waals surface area contributed by atoms with Crippen molar-refractivity contribution >= 4 is 12.1 Å². The maximum atomic E-state index is 12.3. The highest BCUT2D eigenvalue weighted by Crippen LogP contribution is 2.36. The quantitative estimate of drug-likeness (QED) is 0.911. The van der Waals surface area contributed by atoms with Gasteiger partial charge >= 0.3 is 12.1 Å². The Kier molecular flexibility index (Phi) is 4.44. The molecule has 1 amide bonds. The lowest BCUT2D eigenvalue weighted by Crippen LogP contribution is -2.45. The fourth-order valence-corrected chi connectivity index (χ4v) is 2.95. The number of ether oxygens (including phenoxy) is 1. The van der Waals surface area contributed by atoms with Gasteiger partial charge in [-0.15, -0.1) is 0 Å². The molecule has 0 unspecified atom stereocenters. The summed E-state index contributed by atoms with van der Waals surface area (Å²) in [5.74, 6) is -1.19. The van der Waals surface area contributed by atoms with E-state index < -0.39 is 23.7 Å². The summed E-state index contributed by atoms with van der Waals surface area (Å²) < 4.78 is 5.34. The molecule has 1 saturated heterocycles. The molecule has 0 bridgehead atoms. The molecule has 0 saturated carbocycles. The van der Waals surface area contributed by atoms with E-state index in [4.69, 9.17) is 4.74 Å². The lowest BCUT2D eigenvalue weighted by molar-refractivity contribution is -0.142. The van der Waals surface area contributed by atoms with E-state index in [1.807, 2.05) is 31.2 Å². The number of hydrogen-bond acceptors (Lipinski definition) is 3. The van der Waals surface area contributed by atoms with E-state index in [1.54, 1.807) is 20.8 Å². The van der Waals surface area contributed by atoms with Crippen molar-refractivity contribution in [2.75, 3.05) is 6.54 Å². The molecule has 2 atom stereocenters. The number of carboxylic acid groups (broad SMARTS) is 1. The summed E-state index contributed by atoms with van der Waals surface area (Å²) in [6.07, 6.45) is 0.0668. The second kappa shape index (κ2) is 5.99. The van der Waals surface area contributed by atoms with Crippen molar-refractivity contribution in [1.82, 2.24) is 4.90 Å². The minimum atomic E-state index is -0.989. The van der Waals surface area contributed by atoms with E-state index >= 15 is 0 Å². The summed E-state index contributed by atoms with van der Waals surface area (Å²) in [4.78, 5) is 25.3. The van der Waals surface area contributed by atoms with E-state index in [2.05, 4.69) is 0 Å². The van der Waals surface area contributed by atoms with Crippen LogP contribution in [-0.4, -0.2) is 40.3 Å². The predicted octanol–water partition coefficient (Wildman–Crippen LogP) is 3.17. The number of hydrogen-bond donors (Lipinski definition) is 1. The zero-order valence-corrected chi connectivity index (χ0v) is 13.5. The molecule has 1 N–H and O–H groups in total. The van der Waals surface area contributed by atoms with Gasteiger partial charge in [0.05, 0.1) is 0 Å². The van der Waals surface area contributed by atoms with Gasteiger partial charge in [-0.05, 0) is 45.2 Å². The summed E-state index contributed by atoms with van der Waals surface area (Å²) in [5.41, 5.74) is 1.40. The first kappa shape index (κ1) is 16.3. The molecule has 1 aromatic rings. The van der Waals surface area contributed by atoms with Crippen molar-refractivity contribution in [3.63, 3.8) is 0 Å². The molecule has 1 aromatic carbocycles. The number of aliphatic carboxylic acids is 1. The average molecular weight is 305 g/mol. The van der Waals surface area contributed by atoms with Crippen LogP contribution in [0.2, 0.25) is 0 Å². The molecule has 120 valence electrons. The number of likely N-dealkylation sites (tertiary alicyclic amines) is 1. The number of carbonyl (C=O) groups excluding carboxylic acids is 1. The number of aryl methyl sites for hydroxylation is 1. The van der Waals surface area contributed by atoms with Crippen LogP contribution in [0, 0.1) is 6.92 Å². The second-order valence-corrected chi connectivity index (χ2v) is 6.71. The van der Waals surface area contributed by atoms with Crippen LogP contribution in [0.1, 0.15) is 44.2 Å². The summed E-state index contributed by atoms with van der Waals surface area (Å²) in [6.45, 7) is 7.68. The Bertz CT molecular complexity index is 576. The molecule has 1 aliphatic rings. The van der Waals surface area contributed by atoms with Gasteiger partial charge in [-0.1, -0.05) is 24.3 Å². The maximum absolute atomic E-state index is 12.3. The first-order valence-corrected chi connectivity index (χ1v) is 7.48. The number of carboxylic acids is 1. The molecule has 2 rings (SSSR count). The summed E-state index contributed by atoms with van der Waals surface area (Å²) >= 11 is 0. The molecule has 22 heavy (non-hydrogen) atoms. The molecule has 0 aliphatic carbocycles. The van der Waals surface area contributed by atoms with Crippen molar-refractivity contribution in [3.8, 4) is 0 Å².